The molecule has 0 amide bonds. The highest BCUT2D eigenvalue weighted by molar-refractivity contribution is 7.71. The van der Waals surface area contributed by atoms with E-state index >= 15 is 0 Å². The molecule has 5 nitrogen and oxygen atoms in total. The third-order valence-electron chi connectivity index (χ3n) is 3.11. The lowest BCUT2D eigenvalue weighted by Crippen LogP contribution is -2.32. The maximum Gasteiger partial charge on any atom is 0.339 e. The number of carboxylic acid groups (broad SMARTS) is 1. The summed E-state index contributed by atoms with van der Waals surface area (Å²) in [4.78, 5) is 20.1. The van der Waals surface area contributed by atoms with Gasteiger partial charge in [0.1, 0.15) is 0 Å². The summed E-state index contributed by atoms with van der Waals surface area (Å²) in [5.74, 6) is -0.753. The van der Waals surface area contributed by atoms with Gasteiger partial charge in [-0.2, -0.15) is 0 Å². The van der Waals surface area contributed by atoms with Gasteiger partial charge < -0.3 is 15.0 Å². The van der Waals surface area contributed by atoms with Gasteiger partial charge in [0.2, 0.25) is 0 Å². The molecule has 1 fully saturated rings. The average Bonchev–Trinajstić information content (AvgIpc) is 2.28. The van der Waals surface area contributed by atoms with Crippen molar-refractivity contribution in [2.24, 2.45) is 0 Å². The Balaban J connectivity index is 2.38. The number of piperidine rings is 1. The maximum absolute atomic E-state index is 11.1. The van der Waals surface area contributed by atoms with Gasteiger partial charge in [-0.3, -0.25) is 0 Å². The standard InChI is InChI=1S/C11H15N3O2S/c1-14-4-2-3-7(6-14)9-8(10(15)16)5-12-11(17)13-9/h5,7H,2-4,6H2,1H3,(H,15,16)(H,12,13,17). The van der Waals surface area contributed by atoms with Crippen LogP contribution < -0.4 is 0 Å². The highest BCUT2D eigenvalue weighted by atomic mass is 32.1. The molecule has 92 valence electrons. The Kier molecular flexibility index (Phi) is 3.54. The monoisotopic (exact) mass is 253 g/mol. The predicted molar refractivity (Wildman–Crippen MR) is 65.9 cm³/mol. The van der Waals surface area contributed by atoms with Crippen LogP contribution in [0.5, 0.6) is 0 Å². The van der Waals surface area contributed by atoms with Crippen LogP contribution in [0.15, 0.2) is 6.20 Å². The molecule has 1 aliphatic rings. The van der Waals surface area contributed by atoms with Gasteiger partial charge in [-0.1, -0.05) is 0 Å². The lowest BCUT2D eigenvalue weighted by atomic mass is 9.92. The predicted octanol–water partition coefficient (Wildman–Crippen LogP) is 1.65. The largest absolute Gasteiger partial charge is 0.478 e. The van der Waals surface area contributed by atoms with Crippen molar-refractivity contribution in [1.82, 2.24) is 14.9 Å². The summed E-state index contributed by atoms with van der Waals surface area (Å²) in [7, 11) is 2.04. The zero-order valence-electron chi connectivity index (χ0n) is 9.64. The number of hydrogen-bond donors (Lipinski definition) is 2. The normalized spacial score (nSPS) is 21.4. The molecule has 1 saturated heterocycles. The highest BCUT2D eigenvalue weighted by Crippen LogP contribution is 2.26. The first-order valence-corrected chi connectivity index (χ1v) is 6.00. The first kappa shape index (κ1) is 12.2. The summed E-state index contributed by atoms with van der Waals surface area (Å²) >= 11 is 4.97. The van der Waals surface area contributed by atoms with Crippen molar-refractivity contribution >= 4 is 18.2 Å². The van der Waals surface area contributed by atoms with Crippen molar-refractivity contribution in [3.8, 4) is 0 Å². The molecular formula is C11H15N3O2S. The summed E-state index contributed by atoms with van der Waals surface area (Å²) in [5.41, 5.74) is 0.947. The van der Waals surface area contributed by atoms with Crippen LogP contribution in [0.25, 0.3) is 0 Å². The van der Waals surface area contributed by atoms with Crippen LogP contribution in [-0.4, -0.2) is 46.1 Å². The van der Waals surface area contributed by atoms with E-state index in [4.69, 9.17) is 17.3 Å². The minimum atomic E-state index is -0.952. The van der Waals surface area contributed by atoms with Gasteiger partial charge in [0.15, 0.2) is 4.77 Å². The van der Waals surface area contributed by atoms with Crippen LogP contribution in [0.2, 0.25) is 0 Å². The van der Waals surface area contributed by atoms with Crippen LogP contribution in [0.4, 0.5) is 0 Å². The van der Waals surface area contributed by atoms with Gasteiger partial charge in [0.25, 0.3) is 0 Å². The molecule has 0 spiro atoms. The van der Waals surface area contributed by atoms with E-state index in [0.717, 1.165) is 25.9 Å². The second-order valence-electron chi connectivity index (χ2n) is 4.42. The Hall–Kier alpha value is -1.27. The number of aromatic nitrogens is 2. The average molecular weight is 253 g/mol. The third-order valence-corrected chi connectivity index (χ3v) is 3.31. The number of aromatic amines is 1. The van der Waals surface area contributed by atoms with Crippen LogP contribution in [0.1, 0.15) is 34.8 Å². The third kappa shape index (κ3) is 2.70. The van der Waals surface area contributed by atoms with Crippen LogP contribution in [0.3, 0.4) is 0 Å². The van der Waals surface area contributed by atoms with E-state index in [0.29, 0.717) is 10.5 Å². The molecule has 2 N–H and O–H groups in total. The molecule has 1 aromatic heterocycles. The summed E-state index contributed by atoms with van der Waals surface area (Å²) in [6.45, 7) is 1.92. The number of rotatable bonds is 2. The quantitative estimate of drug-likeness (QED) is 0.784. The molecule has 0 saturated carbocycles. The fraction of sp³-hybridized carbons (Fsp3) is 0.545. The number of nitrogens with zero attached hydrogens (tertiary/aromatic N) is 2. The van der Waals surface area contributed by atoms with Gasteiger partial charge in [0, 0.05) is 24.4 Å². The smallest absolute Gasteiger partial charge is 0.339 e. The van der Waals surface area contributed by atoms with E-state index in [9.17, 15) is 4.79 Å². The Morgan fingerprint density at radius 1 is 1.71 bits per heavy atom. The number of likely N-dealkylation sites (tertiary alicyclic amines) is 1. The second kappa shape index (κ2) is 4.93. The molecule has 1 aromatic rings. The Morgan fingerprint density at radius 3 is 3.12 bits per heavy atom. The lowest BCUT2D eigenvalue weighted by Gasteiger charge is -2.30. The number of aromatic carboxylic acids is 1. The molecule has 0 aromatic carbocycles. The van der Waals surface area contributed by atoms with Crippen molar-refractivity contribution in [3.63, 3.8) is 0 Å². The number of nitrogens with one attached hydrogen (secondary N) is 1. The summed E-state index contributed by atoms with van der Waals surface area (Å²) in [6.07, 6.45) is 3.41. The van der Waals surface area contributed by atoms with E-state index in [1.807, 2.05) is 7.05 Å². The van der Waals surface area contributed by atoms with Gasteiger partial charge >= 0.3 is 5.97 Å². The molecular weight excluding hydrogens is 238 g/mol. The van der Waals surface area contributed by atoms with E-state index in [-0.39, 0.29) is 11.5 Å². The van der Waals surface area contributed by atoms with Crippen LogP contribution >= 0.6 is 12.2 Å². The van der Waals surface area contributed by atoms with E-state index in [1.54, 1.807) is 0 Å². The molecule has 1 unspecified atom stereocenters. The van der Waals surface area contributed by atoms with E-state index < -0.39 is 5.97 Å². The number of hydrogen-bond acceptors (Lipinski definition) is 4. The molecule has 0 radical (unpaired) electrons. The zero-order chi connectivity index (χ0) is 12.4. The molecule has 2 rings (SSSR count). The molecule has 2 heterocycles. The summed E-state index contributed by atoms with van der Waals surface area (Å²) in [5, 5.41) is 9.15. The fourth-order valence-electron chi connectivity index (χ4n) is 2.30. The first-order valence-electron chi connectivity index (χ1n) is 5.59. The maximum atomic E-state index is 11.1. The minimum Gasteiger partial charge on any atom is -0.478 e. The van der Waals surface area contributed by atoms with E-state index in [2.05, 4.69) is 14.9 Å². The fourth-order valence-corrected chi connectivity index (χ4v) is 2.46. The Labute approximate surface area is 104 Å². The van der Waals surface area contributed by atoms with Crippen molar-refractivity contribution in [1.29, 1.82) is 0 Å². The van der Waals surface area contributed by atoms with Gasteiger partial charge in [0.05, 0.1) is 5.56 Å². The van der Waals surface area contributed by atoms with Crippen LogP contribution in [-0.2, 0) is 0 Å². The number of likely N-dealkylation sites (N-methyl/N-ethyl adjacent to an activating group) is 1. The van der Waals surface area contributed by atoms with Gasteiger partial charge in [-0.25, -0.2) is 9.78 Å². The number of carbonyl (C=O) groups is 1. The molecule has 1 atom stereocenters. The first-order chi connectivity index (χ1) is 8.08. The van der Waals surface area contributed by atoms with Gasteiger partial charge in [-0.05, 0) is 38.7 Å². The molecule has 0 bridgehead atoms. The van der Waals surface area contributed by atoms with Gasteiger partial charge in [-0.15, -0.1) is 0 Å². The molecule has 6 heteroatoms. The van der Waals surface area contributed by atoms with Crippen molar-refractivity contribution < 1.29 is 9.90 Å². The minimum absolute atomic E-state index is 0.199. The molecule has 17 heavy (non-hydrogen) atoms. The zero-order valence-corrected chi connectivity index (χ0v) is 10.5. The Morgan fingerprint density at radius 2 is 2.47 bits per heavy atom. The number of carboxylic acids is 1. The second-order valence-corrected chi connectivity index (χ2v) is 4.81. The highest BCUT2D eigenvalue weighted by Gasteiger charge is 2.24. The van der Waals surface area contributed by atoms with Crippen molar-refractivity contribution in [2.45, 2.75) is 18.8 Å². The number of H-pyrrole nitrogens is 1. The summed E-state index contributed by atoms with van der Waals surface area (Å²) in [6, 6.07) is 0. The Bertz CT molecular complexity index is 486. The lowest BCUT2D eigenvalue weighted by molar-refractivity contribution is 0.0693. The van der Waals surface area contributed by atoms with Crippen LogP contribution in [0, 0.1) is 4.77 Å². The van der Waals surface area contributed by atoms with E-state index in [1.165, 1.54) is 6.20 Å². The van der Waals surface area contributed by atoms with Crippen molar-refractivity contribution in [2.75, 3.05) is 20.1 Å². The summed E-state index contributed by atoms with van der Waals surface area (Å²) < 4.78 is 0.346. The molecule has 1 aliphatic heterocycles. The SMILES string of the molecule is CN1CCCC(c2[nH]c(=S)ncc2C(=O)O)C1. The topological polar surface area (TPSA) is 69.2 Å². The van der Waals surface area contributed by atoms with Crippen molar-refractivity contribution in [3.05, 3.63) is 22.2 Å². The molecule has 0 aliphatic carbocycles.